The molecule has 1 rings (SSSR count). The van der Waals surface area contributed by atoms with Crippen LogP contribution in [0.2, 0.25) is 0 Å². The quantitative estimate of drug-likeness (QED) is 0.477. The van der Waals surface area contributed by atoms with Gasteiger partial charge in [-0.15, -0.1) is 13.2 Å². The molecule has 1 aromatic rings. The van der Waals surface area contributed by atoms with E-state index in [0.717, 1.165) is 0 Å². The van der Waals surface area contributed by atoms with Crippen LogP contribution in [0.15, 0.2) is 6.07 Å². The summed E-state index contributed by atoms with van der Waals surface area (Å²) in [6.07, 6.45) is -8.52. The molecule has 96 valence electrons. The van der Waals surface area contributed by atoms with E-state index in [1.165, 1.54) is 0 Å². The van der Waals surface area contributed by atoms with Crippen LogP contribution in [-0.2, 0) is 5.33 Å². The van der Waals surface area contributed by atoms with E-state index in [1.807, 2.05) is 0 Å². The topological polar surface area (TPSA) is 22.1 Å². The van der Waals surface area contributed by atoms with E-state index in [0.29, 0.717) is 6.07 Å². The van der Waals surface area contributed by atoms with Gasteiger partial charge in [0.1, 0.15) is 0 Å². The van der Waals surface area contributed by atoms with Crippen molar-refractivity contribution in [3.63, 3.8) is 0 Å². The minimum atomic E-state index is -5.15. The van der Waals surface area contributed by atoms with Gasteiger partial charge < -0.3 is 4.74 Å². The summed E-state index contributed by atoms with van der Waals surface area (Å²) in [5.74, 6) is -2.48. The third-order valence-corrected chi connectivity index (χ3v) is 2.22. The molecule has 0 fully saturated rings. The summed E-state index contributed by atoms with van der Waals surface area (Å²) >= 11 is 2.78. The number of nitrogens with zero attached hydrogens (tertiary/aromatic N) is 1. The van der Waals surface area contributed by atoms with Gasteiger partial charge in [0.2, 0.25) is 5.95 Å². The van der Waals surface area contributed by atoms with Crippen LogP contribution in [0.5, 0.6) is 5.75 Å². The van der Waals surface area contributed by atoms with Gasteiger partial charge in [-0.3, -0.25) is 0 Å². The molecule has 0 aliphatic carbocycles. The van der Waals surface area contributed by atoms with Crippen molar-refractivity contribution in [2.45, 2.75) is 18.1 Å². The summed E-state index contributed by atoms with van der Waals surface area (Å²) in [6, 6.07) is 0.534. The van der Waals surface area contributed by atoms with Crippen molar-refractivity contribution >= 4 is 15.9 Å². The van der Waals surface area contributed by atoms with Crippen LogP contribution in [0.3, 0.4) is 0 Å². The molecule has 1 aromatic heterocycles. The first kappa shape index (κ1) is 14.1. The lowest BCUT2D eigenvalue weighted by Crippen LogP contribution is -2.19. The molecule has 0 aliphatic heterocycles. The normalized spacial score (nSPS) is 12.0. The minimum absolute atomic E-state index is 0.177. The molecule has 0 aliphatic rings. The average molecular weight is 324 g/mol. The largest absolute Gasteiger partial charge is 0.573 e. The molecule has 0 amide bonds. The second kappa shape index (κ2) is 5.11. The first-order valence-electron chi connectivity index (χ1n) is 4.03. The first-order valence-corrected chi connectivity index (χ1v) is 5.16. The Kier molecular flexibility index (Phi) is 4.23. The maximum atomic E-state index is 13.0. The van der Waals surface area contributed by atoms with Gasteiger partial charge in [-0.2, -0.15) is 4.39 Å². The summed E-state index contributed by atoms with van der Waals surface area (Å²) in [5.41, 5.74) is -1.70. The van der Waals surface area contributed by atoms with Crippen molar-refractivity contribution in [2.24, 2.45) is 0 Å². The highest BCUT2D eigenvalue weighted by molar-refractivity contribution is 9.08. The predicted octanol–water partition coefficient (Wildman–Crippen LogP) is 3.95. The molecule has 0 N–H and O–H groups in total. The van der Waals surface area contributed by atoms with E-state index < -0.39 is 30.2 Å². The Bertz CT molecular complexity index is 408. The molecule has 0 aromatic carbocycles. The zero-order chi connectivity index (χ0) is 13.2. The van der Waals surface area contributed by atoms with Crippen LogP contribution in [0.1, 0.15) is 17.7 Å². The van der Waals surface area contributed by atoms with Crippen LogP contribution in [0, 0.1) is 5.95 Å². The van der Waals surface area contributed by atoms with Crippen LogP contribution >= 0.6 is 15.9 Å². The van der Waals surface area contributed by atoms with Gasteiger partial charge in [-0.1, -0.05) is 15.9 Å². The Morgan fingerprint density at radius 3 is 2.35 bits per heavy atom. The van der Waals surface area contributed by atoms with Crippen molar-refractivity contribution < 1.29 is 31.1 Å². The van der Waals surface area contributed by atoms with Gasteiger partial charge in [-0.25, -0.2) is 13.8 Å². The van der Waals surface area contributed by atoms with Crippen molar-refractivity contribution in [1.29, 1.82) is 0 Å². The second-order valence-corrected chi connectivity index (χ2v) is 3.36. The van der Waals surface area contributed by atoms with Gasteiger partial charge in [0.05, 0.1) is 0 Å². The third-order valence-electron chi connectivity index (χ3n) is 1.62. The number of hydrogen-bond donors (Lipinski definition) is 0. The Morgan fingerprint density at radius 1 is 1.35 bits per heavy atom. The number of pyridine rings is 1. The highest BCUT2D eigenvalue weighted by Gasteiger charge is 2.34. The predicted molar refractivity (Wildman–Crippen MR) is 48.5 cm³/mol. The standard InChI is InChI=1S/C8H4BrF6NO/c9-2-3-1-4(17-8(13,14)15)5(6(10)11)16-7(3)12/h1,6H,2H2. The Hall–Kier alpha value is -0.990. The van der Waals surface area contributed by atoms with E-state index >= 15 is 0 Å². The monoisotopic (exact) mass is 323 g/mol. The van der Waals surface area contributed by atoms with E-state index in [9.17, 15) is 26.3 Å². The van der Waals surface area contributed by atoms with Gasteiger partial charge in [0, 0.05) is 10.9 Å². The lowest BCUT2D eigenvalue weighted by molar-refractivity contribution is -0.275. The minimum Gasteiger partial charge on any atom is -0.404 e. The van der Waals surface area contributed by atoms with E-state index in [1.54, 1.807) is 0 Å². The molecule has 2 nitrogen and oxygen atoms in total. The molecular weight excluding hydrogens is 320 g/mol. The second-order valence-electron chi connectivity index (χ2n) is 2.80. The fourth-order valence-electron chi connectivity index (χ4n) is 0.981. The van der Waals surface area contributed by atoms with Gasteiger partial charge >= 0.3 is 6.36 Å². The van der Waals surface area contributed by atoms with Crippen molar-refractivity contribution in [1.82, 2.24) is 4.98 Å². The Labute approximate surface area is 99.7 Å². The van der Waals surface area contributed by atoms with Gasteiger partial charge in [0.25, 0.3) is 6.43 Å². The Morgan fingerprint density at radius 2 is 1.94 bits per heavy atom. The molecule has 0 unspecified atom stereocenters. The maximum absolute atomic E-state index is 13.0. The molecule has 0 radical (unpaired) electrons. The first-order chi connectivity index (χ1) is 7.74. The van der Waals surface area contributed by atoms with Crippen molar-refractivity contribution in [3.8, 4) is 5.75 Å². The molecule has 0 spiro atoms. The van der Waals surface area contributed by atoms with Crippen molar-refractivity contribution in [2.75, 3.05) is 0 Å². The summed E-state index contributed by atoms with van der Waals surface area (Å²) in [5, 5.41) is -0.177. The molecular formula is C8H4BrF6NO. The van der Waals surface area contributed by atoms with Gasteiger partial charge in [-0.05, 0) is 6.07 Å². The zero-order valence-corrected chi connectivity index (χ0v) is 9.45. The van der Waals surface area contributed by atoms with Crippen LogP contribution in [0.4, 0.5) is 26.3 Å². The number of aromatic nitrogens is 1. The lowest BCUT2D eigenvalue weighted by atomic mass is 10.2. The van der Waals surface area contributed by atoms with Crippen LogP contribution < -0.4 is 4.74 Å². The third kappa shape index (κ3) is 3.76. The molecule has 0 atom stereocenters. The van der Waals surface area contributed by atoms with Gasteiger partial charge in [0.15, 0.2) is 11.4 Å². The fourth-order valence-corrected chi connectivity index (χ4v) is 1.37. The lowest BCUT2D eigenvalue weighted by Gasteiger charge is -2.13. The number of rotatable bonds is 3. The smallest absolute Gasteiger partial charge is 0.404 e. The summed E-state index contributed by atoms with van der Waals surface area (Å²) in [6.45, 7) is 0. The SMILES string of the molecule is Fc1nc(C(F)F)c(OC(F)(F)F)cc1CBr. The van der Waals surface area contributed by atoms with E-state index in [4.69, 9.17) is 0 Å². The molecule has 17 heavy (non-hydrogen) atoms. The highest BCUT2D eigenvalue weighted by atomic mass is 79.9. The molecule has 0 saturated carbocycles. The zero-order valence-electron chi connectivity index (χ0n) is 7.86. The maximum Gasteiger partial charge on any atom is 0.573 e. The fraction of sp³-hybridized carbons (Fsp3) is 0.375. The van der Waals surface area contributed by atoms with E-state index in [-0.39, 0.29) is 10.9 Å². The number of halogens is 7. The van der Waals surface area contributed by atoms with Crippen LogP contribution in [0.25, 0.3) is 0 Å². The molecule has 9 heteroatoms. The number of hydrogen-bond acceptors (Lipinski definition) is 2. The van der Waals surface area contributed by atoms with Crippen molar-refractivity contribution in [3.05, 3.63) is 23.3 Å². The molecule has 1 heterocycles. The molecule has 0 saturated heterocycles. The number of alkyl halides is 6. The number of ether oxygens (including phenoxy) is 1. The molecule has 0 bridgehead atoms. The van der Waals surface area contributed by atoms with Crippen LogP contribution in [-0.4, -0.2) is 11.3 Å². The Balaban J connectivity index is 3.24. The summed E-state index contributed by atoms with van der Waals surface area (Å²) in [7, 11) is 0. The highest BCUT2D eigenvalue weighted by Crippen LogP contribution is 2.33. The summed E-state index contributed by atoms with van der Waals surface area (Å²) < 4.78 is 76.8. The van der Waals surface area contributed by atoms with E-state index in [2.05, 4.69) is 25.7 Å². The summed E-state index contributed by atoms with van der Waals surface area (Å²) in [4.78, 5) is 2.76. The average Bonchev–Trinajstić information content (AvgIpc) is 2.17.